The Hall–Kier alpha value is -2.36. The van der Waals surface area contributed by atoms with E-state index in [1.165, 1.54) is 27.5 Å². The molecule has 3 nitrogen and oxygen atoms in total. The van der Waals surface area contributed by atoms with E-state index in [-0.39, 0.29) is 6.61 Å². The van der Waals surface area contributed by atoms with Crippen LogP contribution in [-0.4, -0.2) is 18.3 Å². The molecular weight excluding hydrogens is 310 g/mol. The third-order valence-corrected chi connectivity index (χ3v) is 4.29. The minimum absolute atomic E-state index is 0.208. The summed E-state index contributed by atoms with van der Waals surface area (Å²) in [6.07, 6.45) is 0.754. The number of hydrogen-bond acceptors (Lipinski definition) is 3. The normalized spacial score (nSPS) is 11.0. The van der Waals surface area contributed by atoms with E-state index in [2.05, 4.69) is 72.9 Å². The number of nitrogens with one attached hydrogen (secondary N) is 1. The van der Waals surface area contributed by atoms with Crippen LogP contribution < -0.4 is 10.1 Å². The van der Waals surface area contributed by atoms with Gasteiger partial charge < -0.3 is 15.2 Å². The quantitative estimate of drug-likeness (QED) is 0.606. The van der Waals surface area contributed by atoms with Crippen molar-refractivity contribution in [2.24, 2.45) is 0 Å². The Kier molecular flexibility index (Phi) is 6.04. The van der Waals surface area contributed by atoms with Gasteiger partial charge in [0.15, 0.2) is 0 Å². The minimum Gasteiger partial charge on any atom is -0.489 e. The lowest BCUT2D eigenvalue weighted by Gasteiger charge is -2.15. The Morgan fingerprint density at radius 2 is 1.88 bits per heavy atom. The largest absolute Gasteiger partial charge is 0.489 e. The zero-order chi connectivity index (χ0) is 17.5. The van der Waals surface area contributed by atoms with E-state index in [9.17, 15) is 0 Å². The first-order chi connectivity index (χ1) is 12.3. The van der Waals surface area contributed by atoms with Gasteiger partial charge in [0.2, 0.25) is 0 Å². The molecule has 0 saturated heterocycles. The van der Waals surface area contributed by atoms with Crippen molar-refractivity contribution < 1.29 is 9.84 Å². The summed E-state index contributed by atoms with van der Waals surface area (Å²) in [6.45, 7) is 4.38. The van der Waals surface area contributed by atoms with Crippen LogP contribution in [0, 0.1) is 6.92 Å². The summed E-state index contributed by atoms with van der Waals surface area (Å²) in [5, 5.41) is 14.8. The van der Waals surface area contributed by atoms with E-state index >= 15 is 0 Å². The molecule has 3 rings (SSSR count). The van der Waals surface area contributed by atoms with E-state index < -0.39 is 0 Å². The fourth-order valence-electron chi connectivity index (χ4n) is 3.01. The van der Waals surface area contributed by atoms with Gasteiger partial charge in [0.1, 0.15) is 12.4 Å². The Bertz CT molecular complexity index is 829. The van der Waals surface area contributed by atoms with E-state index in [1.807, 2.05) is 0 Å². The summed E-state index contributed by atoms with van der Waals surface area (Å²) in [5.74, 6) is 0.914. The number of hydrogen-bond donors (Lipinski definition) is 2. The Labute approximate surface area is 149 Å². The summed E-state index contributed by atoms with van der Waals surface area (Å²) in [4.78, 5) is 0. The molecular formula is C22H25NO2. The molecule has 0 aliphatic heterocycles. The van der Waals surface area contributed by atoms with E-state index in [1.54, 1.807) is 0 Å². The smallest absolute Gasteiger partial charge is 0.124 e. The second-order valence-electron chi connectivity index (χ2n) is 6.30. The van der Waals surface area contributed by atoms with E-state index in [0.29, 0.717) is 6.61 Å². The van der Waals surface area contributed by atoms with Crippen molar-refractivity contribution >= 4 is 10.8 Å². The van der Waals surface area contributed by atoms with Crippen molar-refractivity contribution in [3.63, 3.8) is 0 Å². The number of aryl methyl sites for hydroxylation is 1. The first kappa shape index (κ1) is 17.5. The zero-order valence-corrected chi connectivity index (χ0v) is 14.7. The lowest BCUT2D eigenvalue weighted by molar-refractivity contribution is 0.285. The van der Waals surface area contributed by atoms with Crippen LogP contribution in [-0.2, 0) is 13.2 Å². The molecule has 0 heterocycles. The van der Waals surface area contributed by atoms with Gasteiger partial charge in [-0.25, -0.2) is 0 Å². The maximum Gasteiger partial charge on any atom is 0.124 e. The molecule has 0 radical (unpaired) electrons. The van der Waals surface area contributed by atoms with Gasteiger partial charge in [0.05, 0.1) is 0 Å². The van der Waals surface area contributed by atoms with Crippen molar-refractivity contribution in [2.75, 3.05) is 13.2 Å². The van der Waals surface area contributed by atoms with Crippen molar-refractivity contribution in [3.05, 3.63) is 77.4 Å². The Morgan fingerprint density at radius 3 is 2.72 bits per heavy atom. The van der Waals surface area contributed by atoms with Gasteiger partial charge in [0, 0.05) is 18.7 Å². The number of ether oxygens (including phenoxy) is 1. The highest BCUT2D eigenvalue weighted by molar-refractivity contribution is 5.87. The van der Waals surface area contributed by atoms with Crippen LogP contribution in [0.5, 0.6) is 5.75 Å². The fraction of sp³-hybridized carbons (Fsp3) is 0.273. The first-order valence-electron chi connectivity index (χ1n) is 8.78. The summed E-state index contributed by atoms with van der Waals surface area (Å²) in [6, 6.07) is 20.9. The maximum atomic E-state index is 8.96. The third kappa shape index (κ3) is 4.59. The average molecular weight is 335 g/mol. The van der Waals surface area contributed by atoms with Gasteiger partial charge in [-0.05, 0) is 42.3 Å². The lowest BCUT2D eigenvalue weighted by atomic mass is 10.0. The molecule has 0 aliphatic rings. The highest BCUT2D eigenvalue weighted by Gasteiger charge is 2.09. The van der Waals surface area contributed by atoms with E-state index in [4.69, 9.17) is 9.84 Å². The number of aliphatic hydroxyl groups excluding tert-OH is 1. The summed E-state index contributed by atoms with van der Waals surface area (Å²) < 4.78 is 6.15. The molecule has 0 amide bonds. The van der Waals surface area contributed by atoms with Crippen molar-refractivity contribution in [1.29, 1.82) is 0 Å². The van der Waals surface area contributed by atoms with Crippen LogP contribution in [0.3, 0.4) is 0 Å². The van der Waals surface area contributed by atoms with Gasteiger partial charge in [-0.3, -0.25) is 0 Å². The molecule has 0 aliphatic carbocycles. The third-order valence-electron chi connectivity index (χ3n) is 4.29. The van der Waals surface area contributed by atoms with Gasteiger partial charge in [-0.2, -0.15) is 0 Å². The minimum atomic E-state index is 0.208. The van der Waals surface area contributed by atoms with Crippen LogP contribution in [0.4, 0.5) is 0 Å². The molecule has 3 heteroatoms. The highest BCUT2D eigenvalue weighted by Crippen LogP contribution is 2.28. The SMILES string of the molecule is Cc1cccc(COc2ccc3ccccc3c2CNCCCO)c1. The number of fused-ring (bicyclic) bond motifs is 1. The molecule has 0 saturated carbocycles. The van der Waals surface area contributed by atoms with Crippen LogP contribution in [0.15, 0.2) is 60.7 Å². The molecule has 0 unspecified atom stereocenters. The summed E-state index contributed by atoms with van der Waals surface area (Å²) in [7, 11) is 0. The van der Waals surface area contributed by atoms with Crippen LogP contribution in [0.25, 0.3) is 10.8 Å². The average Bonchev–Trinajstić information content (AvgIpc) is 2.64. The standard InChI is InChI=1S/C22H25NO2/c1-17-6-4-7-18(14-17)16-25-22-11-10-19-8-2-3-9-20(19)21(22)15-23-12-5-13-24/h2-4,6-11,14,23-24H,5,12-13,15-16H2,1H3. The van der Waals surface area contributed by atoms with Gasteiger partial charge in [0.25, 0.3) is 0 Å². The number of rotatable bonds is 8. The highest BCUT2D eigenvalue weighted by atomic mass is 16.5. The second kappa shape index (κ2) is 8.65. The van der Waals surface area contributed by atoms with Crippen molar-refractivity contribution in [1.82, 2.24) is 5.32 Å². The molecule has 0 aromatic heterocycles. The zero-order valence-electron chi connectivity index (χ0n) is 14.7. The van der Waals surface area contributed by atoms with Crippen LogP contribution >= 0.6 is 0 Å². The summed E-state index contributed by atoms with van der Waals surface area (Å²) in [5.41, 5.74) is 3.58. The molecule has 2 N–H and O–H groups in total. The fourth-order valence-corrected chi connectivity index (χ4v) is 3.01. The molecule has 0 atom stereocenters. The van der Waals surface area contributed by atoms with Gasteiger partial charge >= 0.3 is 0 Å². The topological polar surface area (TPSA) is 41.5 Å². The lowest BCUT2D eigenvalue weighted by Crippen LogP contribution is -2.16. The Morgan fingerprint density at radius 1 is 1.00 bits per heavy atom. The molecule has 0 spiro atoms. The van der Waals surface area contributed by atoms with Gasteiger partial charge in [-0.1, -0.05) is 60.2 Å². The second-order valence-corrected chi connectivity index (χ2v) is 6.30. The van der Waals surface area contributed by atoms with Crippen molar-refractivity contribution in [3.8, 4) is 5.75 Å². The molecule has 0 fully saturated rings. The molecule has 0 bridgehead atoms. The van der Waals surface area contributed by atoms with Crippen molar-refractivity contribution in [2.45, 2.75) is 26.5 Å². The number of benzene rings is 3. The predicted molar refractivity (Wildman–Crippen MR) is 103 cm³/mol. The van der Waals surface area contributed by atoms with Crippen LogP contribution in [0.1, 0.15) is 23.1 Å². The first-order valence-corrected chi connectivity index (χ1v) is 8.78. The summed E-state index contributed by atoms with van der Waals surface area (Å²) >= 11 is 0. The number of aliphatic hydroxyl groups is 1. The maximum absolute atomic E-state index is 8.96. The molecule has 25 heavy (non-hydrogen) atoms. The van der Waals surface area contributed by atoms with Crippen LogP contribution in [0.2, 0.25) is 0 Å². The van der Waals surface area contributed by atoms with Gasteiger partial charge in [-0.15, -0.1) is 0 Å². The molecule has 3 aromatic rings. The van der Waals surface area contributed by atoms with E-state index in [0.717, 1.165) is 25.3 Å². The molecule has 130 valence electrons. The predicted octanol–water partition coefficient (Wildman–Crippen LogP) is 4.20. The monoisotopic (exact) mass is 335 g/mol. The molecule has 3 aromatic carbocycles. The Balaban J connectivity index is 1.82.